The summed E-state index contributed by atoms with van der Waals surface area (Å²) in [4.78, 5) is 15.6. The lowest BCUT2D eigenvalue weighted by atomic mass is 10.0. The maximum absolute atomic E-state index is 11.2. The second-order valence-electron chi connectivity index (χ2n) is 7.18. The maximum atomic E-state index is 11.2. The fourth-order valence-corrected chi connectivity index (χ4v) is 3.19. The second kappa shape index (κ2) is 12.6. The Morgan fingerprint density at radius 1 is 0.636 bits per heavy atom. The van der Waals surface area contributed by atoms with Gasteiger partial charge in [-0.25, -0.2) is 0 Å². The molecule has 0 aliphatic carbocycles. The van der Waals surface area contributed by atoms with E-state index in [-0.39, 0.29) is 12.5 Å². The highest BCUT2D eigenvalue weighted by molar-refractivity contribution is 6.13. The lowest BCUT2D eigenvalue weighted by molar-refractivity contribution is -0.138. The van der Waals surface area contributed by atoms with Crippen LogP contribution in [0.15, 0.2) is 133 Å². The SMILES string of the molecule is C=C(c1ccccc1)c1ccccc1.COC(=O)CN=C(c1ccccc1)c1ccccc1. The zero-order valence-electron chi connectivity index (χ0n) is 18.7. The Labute approximate surface area is 195 Å². The molecule has 0 fully saturated rings. The van der Waals surface area contributed by atoms with Gasteiger partial charge in [-0.1, -0.05) is 128 Å². The number of carbonyl (C=O) groups excluding carboxylic acids is 1. The molecule has 0 atom stereocenters. The Morgan fingerprint density at radius 2 is 0.970 bits per heavy atom. The molecule has 0 saturated carbocycles. The minimum atomic E-state index is -0.343. The van der Waals surface area contributed by atoms with Crippen LogP contribution in [0, 0.1) is 0 Å². The molecule has 3 heteroatoms. The van der Waals surface area contributed by atoms with Gasteiger partial charge in [0.1, 0.15) is 6.54 Å². The molecule has 0 N–H and O–H groups in total. The van der Waals surface area contributed by atoms with E-state index in [0.29, 0.717) is 0 Å². The van der Waals surface area contributed by atoms with Gasteiger partial charge in [0, 0.05) is 11.1 Å². The van der Waals surface area contributed by atoms with Crippen molar-refractivity contribution >= 4 is 17.3 Å². The number of rotatable bonds is 6. The van der Waals surface area contributed by atoms with Crippen LogP contribution in [0.2, 0.25) is 0 Å². The standard InChI is InChI=1S/C16H15NO2.C14H12/c1-19-15(18)12-17-16(13-8-4-2-5-9-13)14-10-6-3-7-11-14;1-12(13-8-4-2-5-9-13)14-10-6-3-7-11-14/h2-11H,12H2,1H3;2-11H,1H2. The van der Waals surface area contributed by atoms with Gasteiger partial charge >= 0.3 is 5.97 Å². The molecule has 0 amide bonds. The highest BCUT2D eigenvalue weighted by Crippen LogP contribution is 2.20. The smallest absolute Gasteiger partial charge is 0.327 e. The quantitative estimate of drug-likeness (QED) is 0.259. The van der Waals surface area contributed by atoms with E-state index in [2.05, 4.69) is 40.6 Å². The number of ether oxygens (including phenoxy) is 1. The molecule has 4 aromatic rings. The summed E-state index contributed by atoms with van der Waals surface area (Å²) in [5, 5.41) is 0. The number of nitrogens with zero attached hydrogens (tertiary/aromatic N) is 1. The largest absolute Gasteiger partial charge is 0.468 e. The van der Waals surface area contributed by atoms with E-state index in [1.54, 1.807) is 0 Å². The fourth-order valence-electron chi connectivity index (χ4n) is 3.19. The molecule has 33 heavy (non-hydrogen) atoms. The van der Waals surface area contributed by atoms with E-state index < -0.39 is 0 Å². The fraction of sp³-hybridized carbons (Fsp3) is 0.0667. The van der Waals surface area contributed by atoms with E-state index in [0.717, 1.165) is 22.4 Å². The molecular formula is C30H27NO2. The second-order valence-corrected chi connectivity index (χ2v) is 7.18. The van der Waals surface area contributed by atoms with Crippen molar-refractivity contribution in [2.45, 2.75) is 0 Å². The molecule has 0 radical (unpaired) electrons. The van der Waals surface area contributed by atoms with Crippen LogP contribution in [0.4, 0.5) is 0 Å². The van der Waals surface area contributed by atoms with Crippen LogP contribution in [-0.2, 0) is 9.53 Å². The van der Waals surface area contributed by atoms with E-state index >= 15 is 0 Å². The highest BCUT2D eigenvalue weighted by atomic mass is 16.5. The van der Waals surface area contributed by atoms with Crippen LogP contribution >= 0.6 is 0 Å². The predicted molar refractivity (Wildman–Crippen MR) is 136 cm³/mol. The molecule has 0 aliphatic heterocycles. The Balaban J connectivity index is 0.000000194. The molecule has 0 saturated heterocycles. The molecule has 0 heterocycles. The summed E-state index contributed by atoms with van der Waals surface area (Å²) in [6.07, 6.45) is 0. The number of aliphatic imine (C=N–C) groups is 1. The number of carbonyl (C=O) groups is 1. The molecule has 0 aromatic heterocycles. The van der Waals surface area contributed by atoms with Crippen molar-refractivity contribution < 1.29 is 9.53 Å². The highest BCUT2D eigenvalue weighted by Gasteiger charge is 2.07. The first kappa shape index (κ1) is 23.4. The minimum Gasteiger partial charge on any atom is -0.468 e. The van der Waals surface area contributed by atoms with Crippen LogP contribution in [-0.4, -0.2) is 25.3 Å². The Bertz CT molecular complexity index is 1090. The lowest BCUT2D eigenvalue weighted by Crippen LogP contribution is -2.10. The summed E-state index contributed by atoms with van der Waals surface area (Å²) in [7, 11) is 1.36. The zero-order chi connectivity index (χ0) is 23.3. The number of methoxy groups -OCH3 is 1. The summed E-state index contributed by atoms with van der Waals surface area (Å²) >= 11 is 0. The van der Waals surface area contributed by atoms with Crippen LogP contribution in [0.3, 0.4) is 0 Å². The topological polar surface area (TPSA) is 38.7 Å². The molecule has 0 bridgehead atoms. The van der Waals surface area contributed by atoms with Gasteiger partial charge in [-0.3, -0.25) is 9.79 Å². The van der Waals surface area contributed by atoms with Gasteiger partial charge in [-0.05, 0) is 16.7 Å². The van der Waals surface area contributed by atoms with Gasteiger partial charge in [0.25, 0.3) is 0 Å². The van der Waals surface area contributed by atoms with Crippen molar-refractivity contribution in [1.29, 1.82) is 0 Å². The number of hydrogen-bond donors (Lipinski definition) is 0. The summed E-state index contributed by atoms with van der Waals surface area (Å²) in [6, 6.07) is 40.1. The lowest BCUT2D eigenvalue weighted by Gasteiger charge is -2.07. The van der Waals surface area contributed by atoms with E-state index in [1.807, 2.05) is 97.1 Å². The van der Waals surface area contributed by atoms with E-state index in [1.165, 1.54) is 18.2 Å². The molecule has 0 spiro atoms. The van der Waals surface area contributed by atoms with Crippen molar-refractivity contribution in [3.8, 4) is 0 Å². The van der Waals surface area contributed by atoms with Crippen molar-refractivity contribution in [1.82, 2.24) is 0 Å². The van der Waals surface area contributed by atoms with Crippen molar-refractivity contribution in [2.75, 3.05) is 13.7 Å². The van der Waals surface area contributed by atoms with Gasteiger partial charge in [-0.2, -0.15) is 0 Å². The van der Waals surface area contributed by atoms with E-state index in [4.69, 9.17) is 0 Å². The number of esters is 1. The first-order valence-corrected chi connectivity index (χ1v) is 10.7. The van der Waals surface area contributed by atoms with Gasteiger partial charge in [-0.15, -0.1) is 0 Å². The summed E-state index contributed by atoms with van der Waals surface area (Å²) < 4.78 is 4.63. The minimum absolute atomic E-state index is 0.0234. The maximum Gasteiger partial charge on any atom is 0.327 e. The van der Waals surface area contributed by atoms with E-state index in [9.17, 15) is 4.79 Å². The third-order valence-electron chi connectivity index (χ3n) is 4.93. The zero-order valence-corrected chi connectivity index (χ0v) is 18.7. The molecule has 164 valence electrons. The summed E-state index contributed by atoms with van der Waals surface area (Å²) in [5.41, 5.74) is 6.20. The average molecular weight is 434 g/mol. The molecule has 4 aromatic carbocycles. The Morgan fingerprint density at radius 3 is 1.30 bits per heavy atom. The van der Waals surface area contributed by atoms with Crippen molar-refractivity contribution in [3.63, 3.8) is 0 Å². The molecule has 4 rings (SSSR count). The molecular weight excluding hydrogens is 406 g/mol. The van der Waals surface area contributed by atoms with Gasteiger partial charge in [0.15, 0.2) is 0 Å². The normalized spacial score (nSPS) is 9.73. The Hall–Kier alpha value is -4.24. The number of benzene rings is 4. The number of hydrogen-bond acceptors (Lipinski definition) is 3. The third kappa shape index (κ3) is 7.15. The van der Waals surface area contributed by atoms with Gasteiger partial charge in [0.05, 0.1) is 12.8 Å². The first-order valence-electron chi connectivity index (χ1n) is 10.7. The average Bonchev–Trinajstić information content (AvgIpc) is 2.91. The Kier molecular flexibility index (Phi) is 8.93. The van der Waals surface area contributed by atoms with Crippen LogP contribution < -0.4 is 0 Å². The molecule has 0 aliphatic rings. The third-order valence-corrected chi connectivity index (χ3v) is 4.93. The van der Waals surface area contributed by atoms with Crippen LogP contribution in [0.5, 0.6) is 0 Å². The van der Waals surface area contributed by atoms with Gasteiger partial charge < -0.3 is 4.74 Å². The summed E-state index contributed by atoms with van der Waals surface area (Å²) in [5.74, 6) is -0.343. The van der Waals surface area contributed by atoms with Gasteiger partial charge in [0.2, 0.25) is 0 Å². The predicted octanol–water partition coefficient (Wildman–Crippen LogP) is 6.45. The summed E-state index contributed by atoms with van der Waals surface area (Å²) in [6.45, 7) is 4.12. The van der Waals surface area contributed by atoms with Crippen LogP contribution in [0.1, 0.15) is 22.3 Å². The van der Waals surface area contributed by atoms with Crippen molar-refractivity contribution in [3.05, 3.63) is 150 Å². The first-order chi connectivity index (χ1) is 16.2. The van der Waals surface area contributed by atoms with Crippen LogP contribution in [0.25, 0.3) is 5.57 Å². The monoisotopic (exact) mass is 433 g/mol. The van der Waals surface area contributed by atoms with Crippen molar-refractivity contribution in [2.24, 2.45) is 4.99 Å². The molecule has 0 unspecified atom stereocenters. The molecule has 3 nitrogen and oxygen atoms in total.